The predicted octanol–water partition coefficient (Wildman–Crippen LogP) is 2.48. The van der Waals surface area contributed by atoms with E-state index < -0.39 is 0 Å². The summed E-state index contributed by atoms with van der Waals surface area (Å²) in [7, 11) is 0. The Morgan fingerprint density at radius 1 is 1.27 bits per heavy atom. The number of carbonyl (C=O) groups excluding carboxylic acids is 1. The first kappa shape index (κ1) is 14.3. The SMILES string of the molecule is CC(C)[C@@H](Cn1nnc2ccccc21)NC(=O)c1ccco1. The molecule has 1 N–H and O–H groups in total. The average Bonchev–Trinajstić information content (AvgIpc) is 3.16. The summed E-state index contributed by atoms with van der Waals surface area (Å²) in [6.45, 7) is 4.68. The second-order valence-electron chi connectivity index (χ2n) is 5.56. The Labute approximate surface area is 128 Å². The molecule has 0 unspecified atom stereocenters. The Kier molecular flexibility index (Phi) is 3.91. The zero-order chi connectivity index (χ0) is 15.5. The van der Waals surface area contributed by atoms with Gasteiger partial charge >= 0.3 is 0 Å². The van der Waals surface area contributed by atoms with E-state index in [0.29, 0.717) is 12.3 Å². The molecule has 114 valence electrons. The van der Waals surface area contributed by atoms with Gasteiger partial charge in [0.05, 0.1) is 24.4 Å². The van der Waals surface area contributed by atoms with Crippen molar-refractivity contribution in [3.63, 3.8) is 0 Å². The molecule has 0 radical (unpaired) electrons. The fourth-order valence-electron chi connectivity index (χ4n) is 2.31. The maximum Gasteiger partial charge on any atom is 0.287 e. The second-order valence-corrected chi connectivity index (χ2v) is 5.56. The summed E-state index contributed by atoms with van der Waals surface area (Å²) in [4.78, 5) is 12.2. The molecule has 0 aliphatic rings. The first-order chi connectivity index (χ1) is 10.6. The fourth-order valence-corrected chi connectivity index (χ4v) is 2.31. The van der Waals surface area contributed by atoms with Crippen LogP contribution in [0.5, 0.6) is 0 Å². The van der Waals surface area contributed by atoms with E-state index in [1.165, 1.54) is 6.26 Å². The number of carbonyl (C=O) groups is 1. The maximum absolute atomic E-state index is 12.2. The molecular formula is C16H18N4O2. The summed E-state index contributed by atoms with van der Waals surface area (Å²) < 4.78 is 6.96. The lowest BCUT2D eigenvalue weighted by atomic mass is 10.0. The van der Waals surface area contributed by atoms with Crippen molar-refractivity contribution in [1.82, 2.24) is 20.3 Å². The van der Waals surface area contributed by atoms with Crippen molar-refractivity contribution in [2.75, 3.05) is 0 Å². The number of para-hydroxylation sites is 1. The quantitative estimate of drug-likeness (QED) is 0.785. The summed E-state index contributed by atoms with van der Waals surface area (Å²) in [6.07, 6.45) is 1.49. The largest absolute Gasteiger partial charge is 0.459 e. The molecule has 0 saturated carbocycles. The highest BCUT2D eigenvalue weighted by Crippen LogP contribution is 2.13. The minimum atomic E-state index is -0.215. The number of aromatic nitrogens is 3. The Balaban J connectivity index is 1.78. The van der Waals surface area contributed by atoms with E-state index in [-0.39, 0.29) is 17.9 Å². The topological polar surface area (TPSA) is 73.0 Å². The third kappa shape index (κ3) is 2.86. The van der Waals surface area contributed by atoms with Crippen molar-refractivity contribution in [3.8, 4) is 0 Å². The lowest BCUT2D eigenvalue weighted by Gasteiger charge is -2.21. The standard InChI is InChI=1S/C16H18N4O2/c1-11(2)13(17-16(21)15-8-5-9-22-15)10-20-14-7-4-3-6-12(14)18-19-20/h3-9,11,13H,10H2,1-2H3,(H,17,21)/t13-/m1/s1. The monoisotopic (exact) mass is 298 g/mol. The number of hydrogen-bond donors (Lipinski definition) is 1. The van der Waals surface area contributed by atoms with Gasteiger partial charge in [-0.05, 0) is 30.2 Å². The molecule has 1 amide bonds. The van der Waals surface area contributed by atoms with Crippen LogP contribution in [0.2, 0.25) is 0 Å². The first-order valence-electron chi connectivity index (χ1n) is 7.28. The van der Waals surface area contributed by atoms with Crippen LogP contribution in [0.1, 0.15) is 24.4 Å². The van der Waals surface area contributed by atoms with E-state index in [1.54, 1.807) is 12.1 Å². The second kappa shape index (κ2) is 6.01. The van der Waals surface area contributed by atoms with E-state index in [4.69, 9.17) is 4.42 Å². The van der Waals surface area contributed by atoms with Crippen molar-refractivity contribution in [2.24, 2.45) is 5.92 Å². The lowest BCUT2D eigenvalue weighted by molar-refractivity contribution is 0.0891. The number of amides is 1. The number of nitrogens with one attached hydrogen (secondary N) is 1. The Morgan fingerprint density at radius 2 is 2.09 bits per heavy atom. The molecule has 3 aromatic rings. The van der Waals surface area contributed by atoms with Crippen LogP contribution in [0.25, 0.3) is 11.0 Å². The van der Waals surface area contributed by atoms with Crippen LogP contribution >= 0.6 is 0 Å². The molecule has 3 rings (SSSR count). The van der Waals surface area contributed by atoms with Gasteiger partial charge < -0.3 is 9.73 Å². The van der Waals surface area contributed by atoms with Crippen molar-refractivity contribution >= 4 is 16.9 Å². The summed E-state index contributed by atoms with van der Waals surface area (Å²) in [5, 5.41) is 11.3. The number of benzene rings is 1. The minimum Gasteiger partial charge on any atom is -0.459 e. The molecule has 0 spiro atoms. The van der Waals surface area contributed by atoms with Gasteiger partial charge in [0, 0.05) is 0 Å². The van der Waals surface area contributed by atoms with Gasteiger partial charge in [0.15, 0.2) is 5.76 Å². The van der Waals surface area contributed by atoms with Crippen LogP contribution in [0, 0.1) is 5.92 Å². The molecule has 6 heteroatoms. The zero-order valence-electron chi connectivity index (χ0n) is 12.6. The van der Waals surface area contributed by atoms with Crippen LogP contribution in [-0.2, 0) is 6.54 Å². The van der Waals surface area contributed by atoms with Gasteiger partial charge in [-0.1, -0.05) is 31.2 Å². The number of nitrogens with zero attached hydrogens (tertiary/aromatic N) is 3. The van der Waals surface area contributed by atoms with E-state index in [0.717, 1.165) is 11.0 Å². The number of fused-ring (bicyclic) bond motifs is 1. The van der Waals surface area contributed by atoms with Crippen LogP contribution in [0.3, 0.4) is 0 Å². The van der Waals surface area contributed by atoms with E-state index >= 15 is 0 Å². The van der Waals surface area contributed by atoms with Gasteiger partial charge in [-0.2, -0.15) is 0 Å². The highest BCUT2D eigenvalue weighted by atomic mass is 16.3. The van der Waals surface area contributed by atoms with Gasteiger partial charge in [-0.3, -0.25) is 4.79 Å². The Hall–Kier alpha value is -2.63. The van der Waals surface area contributed by atoms with E-state index in [2.05, 4.69) is 29.5 Å². The van der Waals surface area contributed by atoms with Gasteiger partial charge in [-0.15, -0.1) is 5.10 Å². The van der Waals surface area contributed by atoms with Crippen molar-refractivity contribution in [3.05, 3.63) is 48.4 Å². The molecule has 0 aliphatic heterocycles. The molecule has 0 bridgehead atoms. The van der Waals surface area contributed by atoms with Crippen LogP contribution < -0.4 is 5.32 Å². The predicted molar refractivity (Wildman–Crippen MR) is 82.3 cm³/mol. The third-order valence-electron chi connectivity index (χ3n) is 3.66. The van der Waals surface area contributed by atoms with Crippen LogP contribution in [0.4, 0.5) is 0 Å². The molecule has 2 heterocycles. The van der Waals surface area contributed by atoms with Crippen LogP contribution in [-0.4, -0.2) is 26.9 Å². The number of furan rings is 1. The van der Waals surface area contributed by atoms with Crippen molar-refractivity contribution in [2.45, 2.75) is 26.4 Å². The Bertz CT molecular complexity index is 761. The smallest absolute Gasteiger partial charge is 0.287 e. The molecule has 0 saturated heterocycles. The molecule has 0 aliphatic carbocycles. The highest BCUT2D eigenvalue weighted by molar-refractivity contribution is 5.91. The van der Waals surface area contributed by atoms with Gasteiger partial charge in [0.25, 0.3) is 5.91 Å². The molecule has 22 heavy (non-hydrogen) atoms. The first-order valence-corrected chi connectivity index (χ1v) is 7.28. The minimum absolute atomic E-state index is 0.0669. The van der Waals surface area contributed by atoms with Gasteiger partial charge in [0.1, 0.15) is 5.52 Å². The highest BCUT2D eigenvalue weighted by Gasteiger charge is 2.20. The number of hydrogen-bond acceptors (Lipinski definition) is 4. The third-order valence-corrected chi connectivity index (χ3v) is 3.66. The van der Waals surface area contributed by atoms with Crippen LogP contribution in [0.15, 0.2) is 47.1 Å². The average molecular weight is 298 g/mol. The van der Waals surface area contributed by atoms with Gasteiger partial charge in [-0.25, -0.2) is 4.68 Å². The summed E-state index contributed by atoms with van der Waals surface area (Å²) in [6, 6.07) is 11.1. The van der Waals surface area contributed by atoms with Gasteiger partial charge in [0.2, 0.25) is 0 Å². The van der Waals surface area contributed by atoms with E-state index in [1.807, 2.05) is 28.9 Å². The summed E-state index contributed by atoms with van der Waals surface area (Å²) in [5.74, 6) is 0.351. The fraction of sp³-hybridized carbons (Fsp3) is 0.312. The normalized spacial score (nSPS) is 12.7. The van der Waals surface area contributed by atoms with E-state index in [9.17, 15) is 4.79 Å². The maximum atomic E-state index is 12.2. The molecule has 2 aromatic heterocycles. The summed E-state index contributed by atoms with van der Waals surface area (Å²) >= 11 is 0. The molecule has 0 fully saturated rings. The molecule has 1 atom stereocenters. The zero-order valence-corrected chi connectivity index (χ0v) is 12.6. The summed E-state index contributed by atoms with van der Waals surface area (Å²) in [5.41, 5.74) is 1.81. The van der Waals surface area contributed by atoms with Crippen molar-refractivity contribution in [1.29, 1.82) is 0 Å². The molecule has 6 nitrogen and oxygen atoms in total. The number of rotatable bonds is 5. The Morgan fingerprint density at radius 3 is 2.82 bits per heavy atom. The lowest BCUT2D eigenvalue weighted by Crippen LogP contribution is -2.41. The molecular weight excluding hydrogens is 280 g/mol. The van der Waals surface area contributed by atoms with Crippen molar-refractivity contribution < 1.29 is 9.21 Å². The molecule has 1 aromatic carbocycles.